The maximum absolute atomic E-state index is 11.5. The first-order valence-corrected chi connectivity index (χ1v) is 6.57. The van der Waals surface area contributed by atoms with Crippen LogP contribution in [0.25, 0.3) is 0 Å². The first-order valence-electron chi connectivity index (χ1n) is 6.57. The van der Waals surface area contributed by atoms with Crippen molar-refractivity contribution in [3.05, 3.63) is 0 Å². The van der Waals surface area contributed by atoms with Gasteiger partial charge in [-0.1, -0.05) is 0 Å². The number of fused-ring (bicyclic) bond motifs is 2. The molecule has 0 aliphatic carbocycles. The molecule has 0 aromatic carbocycles. The van der Waals surface area contributed by atoms with Crippen molar-refractivity contribution in [2.24, 2.45) is 0 Å². The molecule has 2 atom stereocenters. The van der Waals surface area contributed by atoms with Crippen LogP contribution in [0.4, 0.5) is 0 Å². The topological polar surface area (TPSA) is 20.3 Å². The predicted molar refractivity (Wildman–Crippen MR) is 65.0 cm³/mol. The van der Waals surface area contributed by atoms with Gasteiger partial charge in [0.25, 0.3) is 0 Å². The summed E-state index contributed by atoms with van der Waals surface area (Å²) in [5.41, 5.74) is 0. The molecule has 3 heteroatoms. The van der Waals surface area contributed by atoms with Gasteiger partial charge in [0.2, 0.25) is 5.91 Å². The Balaban J connectivity index is 2.23. The normalized spacial score (nSPS) is 38.9. The minimum atomic E-state index is 0.256. The van der Waals surface area contributed by atoms with Crippen molar-refractivity contribution in [1.82, 2.24) is 4.90 Å². The van der Waals surface area contributed by atoms with Crippen molar-refractivity contribution < 1.29 is 9.28 Å². The molecule has 16 heavy (non-hydrogen) atoms. The van der Waals surface area contributed by atoms with Crippen LogP contribution in [0, 0.1) is 0 Å². The summed E-state index contributed by atoms with van der Waals surface area (Å²) in [6, 6.07) is 2.00. The largest absolute Gasteiger partial charge is 0.331 e. The van der Waals surface area contributed by atoms with Gasteiger partial charge in [-0.3, -0.25) is 4.79 Å². The summed E-state index contributed by atoms with van der Waals surface area (Å²) in [7, 11) is 2.40. The van der Waals surface area contributed by atoms with E-state index >= 15 is 0 Å². The Bertz CT molecular complexity index is 274. The zero-order chi connectivity index (χ0) is 11.9. The van der Waals surface area contributed by atoms with Gasteiger partial charge in [0.1, 0.15) is 12.1 Å². The third-order valence-corrected chi connectivity index (χ3v) is 5.07. The number of piperidine rings is 1. The summed E-state index contributed by atoms with van der Waals surface area (Å²) < 4.78 is 1.18. The van der Waals surface area contributed by atoms with Crippen molar-refractivity contribution >= 4 is 5.91 Å². The molecule has 2 fully saturated rings. The average molecular weight is 225 g/mol. The van der Waals surface area contributed by atoms with Gasteiger partial charge in [0.05, 0.1) is 26.2 Å². The van der Waals surface area contributed by atoms with E-state index in [0.717, 1.165) is 13.1 Å². The SMILES string of the molecule is CC(=O)N1CC2CCCC(C1)[N+]2(C)C(C)C. The third-order valence-electron chi connectivity index (χ3n) is 5.07. The molecule has 2 heterocycles. The lowest BCUT2D eigenvalue weighted by Crippen LogP contribution is -2.73. The van der Waals surface area contributed by atoms with Crippen LogP contribution in [-0.4, -0.2) is 53.6 Å². The highest BCUT2D eigenvalue weighted by Crippen LogP contribution is 2.36. The second kappa shape index (κ2) is 4.02. The Morgan fingerprint density at radius 2 is 1.75 bits per heavy atom. The van der Waals surface area contributed by atoms with Gasteiger partial charge in [0.15, 0.2) is 0 Å². The number of likely N-dealkylation sites (tertiary alicyclic amines) is 1. The standard InChI is InChI=1S/C13H25N2O/c1-10(2)15(4)12-6-5-7-13(15)9-14(8-12)11(3)16/h10,12-13H,5-9H2,1-4H3/q+1. The third kappa shape index (κ3) is 1.65. The average Bonchev–Trinajstić information content (AvgIpc) is 2.15. The zero-order valence-corrected chi connectivity index (χ0v) is 11.1. The molecule has 0 saturated carbocycles. The Morgan fingerprint density at radius 1 is 1.25 bits per heavy atom. The monoisotopic (exact) mass is 225 g/mol. The highest BCUT2D eigenvalue weighted by atomic mass is 16.2. The zero-order valence-electron chi connectivity index (χ0n) is 11.1. The smallest absolute Gasteiger partial charge is 0.219 e. The van der Waals surface area contributed by atoms with E-state index in [1.54, 1.807) is 6.92 Å². The minimum absolute atomic E-state index is 0.256. The first kappa shape index (κ1) is 11.9. The van der Waals surface area contributed by atoms with Crippen LogP contribution in [0.15, 0.2) is 0 Å². The Kier molecular flexibility index (Phi) is 2.99. The number of nitrogens with zero attached hydrogens (tertiary/aromatic N) is 2. The van der Waals surface area contributed by atoms with Crippen LogP contribution in [-0.2, 0) is 4.79 Å². The number of carbonyl (C=O) groups is 1. The number of hydrogen-bond donors (Lipinski definition) is 0. The van der Waals surface area contributed by atoms with Gasteiger partial charge >= 0.3 is 0 Å². The number of piperazine rings is 1. The van der Waals surface area contributed by atoms with E-state index in [0.29, 0.717) is 18.1 Å². The Hall–Kier alpha value is -0.570. The van der Waals surface area contributed by atoms with Crippen molar-refractivity contribution in [2.75, 3.05) is 20.1 Å². The summed E-state index contributed by atoms with van der Waals surface area (Å²) in [5.74, 6) is 0.256. The summed E-state index contributed by atoms with van der Waals surface area (Å²) in [6.45, 7) is 8.31. The van der Waals surface area contributed by atoms with Gasteiger partial charge in [-0.05, 0) is 20.3 Å². The molecular weight excluding hydrogens is 200 g/mol. The van der Waals surface area contributed by atoms with Gasteiger partial charge in [-0.25, -0.2) is 0 Å². The van der Waals surface area contributed by atoms with E-state index in [2.05, 4.69) is 25.8 Å². The molecule has 2 rings (SSSR count). The molecule has 92 valence electrons. The molecule has 0 radical (unpaired) electrons. The van der Waals surface area contributed by atoms with Crippen LogP contribution in [0.2, 0.25) is 0 Å². The number of carbonyl (C=O) groups excluding carboxylic acids is 1. The molecule has 2 aliphatic heterocycles. The molecule has 0 aromatic rings. The van der Waals surface area contributed by atoms with E-state index in [1.807, 2.05) is 0 Å². The lowest BCUT2D eigenvalue weighted by Gasteiger charge is -2.58. The quantitative estimate of drug-likeness (QED) is 0.621. The highest BCUT2D eigenvalue weighted by Gasteiger charge is 2.50. The molecule has 0 spiro atoms. The van der Waals surface area contributed by atoms with Crippen molar-refractivity contribution in [3.63, 3.8) is 0 Å². The number of amides is 1. The molecule has 1 amide bonds. The fraction of sp³-hybridized carbons (Fsp3) is 0.923. The number of likely N-dealkylation sites (N-methyl/N-ethyl adjacent to an activating group) is 1. The van der Waals surface area contributed by atoms with Crippen LogP contribution >= 0.6 is 0 Å². The van der Waals surface area contributed by atoms with Gasteiger partial charge in [-0.2, -0.15) is 0 Å². The van der Waals surface area contributed by atoms with Crippen LogP contribution in [0.3, 0.4) is 0 Å². The number of rotatable bonds is 1. The molecule has 0 aromatic heterocycles. The van der Waals surface area contributed by atoms with Crippen molar-refractivity contribution in [2.45, 2.75) is 58.2 Å². The molecule has 0 N–H and O–H groups in total. The number of hydrogen-bond acceptors (Lipinski definition) is 1. The Labute approximate surface area is 99.0 Å². The van der Waals surface area contributed by atoms with Crippen LogP contribution in [0.1, 0.15) is 40.0 Å². The lowest BCUT2D eigenvalue weighted by molar-refractivity contribution is -0.983. The Morgan fingerprint density at radius 3 is 2.12 bits per heavy atom. The van der Waals surface area contributed by atoms with Crippen molar-refractivity contribution in [3.8, 4) is 0 Å². The second-order valence-electron chi connectivity index (χ2n) is 5.98. The fourth-order valence-corrected chi connectivity index (χ4v) is 3.66. The molecule has 2 unspecified atom stereocenters. The van der Waals surface area contributed by atoms with E-state index < -0.39 is 0 Å². The lowest BCUT2D eigenvalue weighted by atomic mass is 9.86. The molecule has 2 saturated heterocycles. The van der Waals surface area contributed by atoms with E-state index in [-0.39, 0.29) is 5.91 Å². The maximum atomic E-state index is 11.5. The molecule has 3 nitrogen and oxygen atoms in total. The van der Waals surface area contributed by atoms with E-state index in [4.69, 9.17) is 0 Å². The summed E-state index contributed by atoms with van der Waals surface area (Å²) in [5, 5.41) is 0. The summed E-state index contributed by atoms with van der Waals surface area (Å²) in [6.07, 6.45) is 3.92. The molecule has 2 aliphatic rings. The van der Waals surface area contributed by atoms with Crippen LogP contribution in [0.5, 0.6) is 0 Å². The van der Waals surface area contributed by atoms with Gasteiger partial charge in [-0.15, -0.1) is 0 Å². The first-order chi connectivity index (χ1) is 7.46. The summed E-state index contributed by atoms with van der Waals surface area (Å²) in [4.78, 5) is 13.6. The van der Waals surface area contributed by atoms with Gasteiger partial charge < -0.3 is 9.38 Å². The second-order valence-corrected chi connectivity index (χ2v) is 5.98. The van der Waals surface area contributed by atoms with Crippen LogP contribution < -0.4 is 0 Å². The van der Waals surface area contributed by atoms with Gasteiger partial charge in [0, 0.05) is 19.8 Å². The minimum Gasteiger partial charge on any atom is -0.331 e. The molecular formula is C13H25N2O+. The fourth-order valence-electron chi connectivity index (χ4n) is 3.66. The predicted octanol–water partition coefficient (Wildman–Crippen LogP) is 1.62. The highest BCUT2D eigenvalue weighted by molar-refractivity contribution is 5.73. The van der Waals surface area contributed by atoms with E-state index in [9.17, 15) is 4.79 Å². The van der Waals surface area contributed by atoms with E-state index in [1.165, 1.54) is 23.7 Å². The summed E-state index contributed by atoms with van der Waals surface area (Å²) >= 11 is 0. The number of quaternary nitrogens is 1. The van der Waals surface area contributed by atoms with Crippen molar-refractivity contribution in [1.29, 1.82) is 0 Å². The molecule has 2 bridgehead atoms. The maximum Gasteiger partial charge on any atom is 0.219 e.